The fourth-order valence-electron chi connectivity index (χ4n) is 3.78. The third-order valence-corrected chi connectivity index (χ3v) is 5.74. The van der Waals surface area contributed by atoms with Gasteiger partial charge < -0.3 is 0 Å². The lowest BCUT2D eigenvalue weighted by molar-refractivity contribution is 0.453. The average Bonchev–Trinajstić information content (AvgIpc) is 2.86. The van der Waals surface area contributed by atoms with Crippen molar-refractivity contribution >= 4 is 10.8 Å². The molecule has 0 amide bonds. The Morgan fingerprint density at radius 3 is 2.34 bits per heavy atom. The minimum absolute atomic E-state index is 0.0391. The molecule has 1 aromatic heterocycles. The van der Waals surface area contributed by atoms with Crippen LogP contribution < -0.4 is 0 Å². The standard InChI is InChI=1S/C30H23F4N/c1-2-3-4-5-22-9-14-25(35-19-22)13-8-21-7-12-23(27(31)17-21)11-6-20-10-15-26-24(16-20)18-28(32)30(34)29(26)33/h2-3,7,9-10,12,14-19H,4-5,8,13H2,1H3/b3-2+. The molecule has 0 unspecified atom stereocenters. The van der Waals surface area contributed by atoms with Crippen LogP contribution in [-0.4, -0.2) is 4.98 Å². The van der Waals surface area contributed by atoms with Crippen molar-refractivity contribution in [2.45, 2.75) is 32.6 Å². The van der Waals surface area contributed by atoms with E-state index >= 15 is 0 Å². The van der Waals surface area contributed by atoms with E-state index in [-0.39, 0.29) is 16.3 Å². The SMILES string of the molecule is C/C=C/CCc1ccc(CCc2ccc(C#Cc3ccc4c(F)c(F)c(F)cc4c3)c(F)c2)nc1. The number of rotatable bonds is 6. The Balaban J connectivity index is 1.42. The zero-order valence-electron chi connectivity index (χ0n) is 19.2. The zero-order valence-corrected chi connectivity index (χ0v) is 19.2. The Morgan fingerprint density at radius 1 is 0.771 bits per heavy atom. The Bertz CT molecular complexity index is 1440. The van der Waals surface area contributed by atoms with E-state index in [2.05, 4.69) is 29.0 Å². The normalized spacial score (nSPS) is 11.1. The second kappa shape index (κ2) is 11.0. The lowest BCUT2D eigenvalue weighted by Crippen LogP contribution is -1.97. The van der Waals surface area contributed by atoms with Gasteiger partial charge in [0.15, 0.2) is 17.5 Å². The van der Waals surface area contributed by atoms with Gasteiger partial charge in [-0.15, -0.1) is 0 Å². The summed E-state index contributed by atoms with van der Waals surface area (Å²) in [5.74, 6) is 1.11. The van der Waals surface area contributed by atoms with Gasteiger partial charge in [0.25, 0.3) is 0 Å². The minimum Gasteiger partial charge on any atom is -0.261 e. The van der Waals surface area contributed by atoms with Crippen LogP contribution in [0.2, 0.25) is 0 Å². The van der Waals surface area contributed by atoms with E-state index in [1.165, 1.54) is 29.8 Å². The molecule has 0 N–H and O–H groups in total. The Labute approximate surface area is 202 Å². The molecule has 176 valence electrons. The van der Waals surface area contributed by atoms with Crippen molar-refractivity contribution in [2.24, 2.45) is 0 Å². The van der Waals surface area contributed by atoms with Crippen LogP contribution >= 0.6 is 0 Å². The Kier molecular flexibility index (Phi) is 7.62. The molecule has 1 heterocycles. The van der Waals surface area contributed by atoms with Crippen LogP contribution in [0.3, 0.4) is 0 Å². The summed E-state index contributed by atoms with van der Waals surface area (Å²) in [6, 6.07) is 14.2. The first-order valence-corrected chi connectivity index (χ1v) is 11.4. The van der Waals surface area contributed by atoms with E-state index in [9.17, 15) is 17.6 Å². The van der Waals surface area contributed by atoms with Crippen LogP contribution in [0.25, 0.3) is 10.8 Å². The lowest BCUT2D eigenvalue weighted by Gasteiger charge is -2.05. The van der Waals surface area contributed by atoms with Gasteiger partial charge in [-0.2, -0.15) is 0 Å². The monoisotopic (exact) mass is 473 g/mol. The van der Waals surface area contributed by atoms with Crippen molar-refractivity contribution in [2.75, 3.05) is 0 Å². The number of fused-ring (bicyclic) bond motifs is 1. The third-order valence-electron chi connectivity index (χ3n) is 5.74. The highest BCUT2D eigenvalue weighted by Crippen LogP contribution is 2.24. The highest BCUT2D eigenvalue weighted by Gasteiger charge is 2.13. The number of nitrogens with zero attached hydrogens (tertiary/aromatic N) is 1. The van der Waals surface area contributed by atoms with Gasteiger partial charge >= 0.3 is 0 Å². The first-order valence-electron chi connectivity index (χ1n) is 11.4. The van der Waals surface area contributed by atoms with Crippen LogP contribution in [0, 0.1) is 35.1 Å². The van der Waals surface area contributed by atoms with Crippen LogP contribution in [0.4, 0.5) is 17.6 Å². The van der Waals surface area contributed by atoms with Gasteiger partial charge in [-0.25, -0.2) is 17.6 Å². The minimum atomic E-state index is -1.51. The molecule has 1 nitrogen and oxygen atoms in total. The van der Waals surface area contributed by atoms with Gasteiger partial charge in [0.1, 0.15) is 5.82 Å². The molecule has 35 heavy (non-hydrogen) atoms. The van der Waals surface area contributed by atoms with Crippen molar-refractivity contribution < 1.29 is 17.6 Å². The maximum atomic E-state index is 14.6. The lowest BCUT2D eigenvalue weighted by atomic mass is 10.0. The number of pyridine rings is 1. The van der Waals surface area contributed by atoms with Crippen LogP contribution in [0.5, 0.6) is 0 Å². The van der Waals surface area contributed by atoms with Crippen LogP contribution in [0.15, 0.2) is 72.9 Å². The molecule has 0 aliphatic rings. The number of hydrogen-bond donors (Lipinski definition) is 0. The molecule has 0 radical (unpaired) electrons. The summed E-state index contributed by atoms with van der Waals surface area (Å²) >= 11 is 0. The summed E-state index contributed by atoms with van der Waals surface area (Å²) < 4.78 is 55.4. The number of hydrogen-bond acceptors (Lipinski definition) is 1. The molecule has 0 aliphatic carbocycles. The van der Waals surface area contributed by atoms with Crippen molar-refractivity contribution in [3.05, 3.63) is 124 Å². The van der Waals surface area contributed by atoms with E-state index in [1.54, 1.807) is 6.07 Å². The maximum Gasteiger partial charge on any atom is 0.195 e. The first-order chi connectivity index (χ1) is 16.9. The summed E-state index contributed by atoms with van der Waals surface area (Å²) in [7, 11) is 0. The topological polar surface area (TPSA) is 12.9 Å². The maximum absolute atomic E-state index is 14.6. The summed E-state index contributed by atoms with van der Waals surface area (Å²) in [5, 5.41) is 0.145. The molecule has 0 saturated heterocycles. The number of allylic oxidation sites excluding steroid dienone is 2. The predicted molar refractivity (Wildman–Crippen MR) is 131 cm³/mol. The summed E-state index contributed by atoms with van der Waals surface area (Å²) in [6.45, 7) is 2.00. The van der Waals surface area contributed by atoms with Crippen LogP contribution in [-0.2, 0) is 19.3 Å². The Hall–Kier alpha value is -3.91. The molecule has 0 saturated carbocycles. The number of benzene rings is 3. The van der Waals surface area contributed by atoms with Gasteiger partial charge in [0, 0.05) is 22.8 Å². The summed E-state index contributed by atoms with van der Waals surface area (Å²) in [5.41, 5.74) is 3.63. The molecule has 0 spiro atoms. The van der Waals surface area contributed by atoms with Gasteiger partial charge in [0.05, 0.1) is 5.56 Å². The molecule has 3 aromatic carbocycles. The van der Waals surface area contributed by atoms with E-state index in [0.29, 0.717) is 18.4 Å². The highest BCUT2D eigenvalue weighted by molar-refractivity contribution is 5.84. The smallest absolute Gasteiger partial charge is 0.195 e. The fraction of sp³-hybridized carbons (Fsp3) is 0.167. The molecule has 0 bridgehead atoms. The van der Waals surface area contributed by atoms with E-state index in [1.807, 2.05) is 31.3 Å². The largest absolute Gasteiger partial charge is 0.261 e. The fourth-order valence-corrected chi connectivity index (χ4v) is 3.78. The first kappa shape index (κ1) is 24.2. The van der Waals surface area contributed by atoms with Gasteiger partial charge in [-0.3, -0.25) is 4.98 Å². The van der Waals surface area contributed by atoms with E-state index in [0.717, 1.165) is 30.2 Å². The highest BCUT2D eigenvalue weighted by atomic mass is 19.2. The summed E-state index contributed by atoms with van der Waals surface area (Å²) in [6.07, 6.45) is 9.35. The molecular formula is C30H23F4N. The molecule has 0 atom stereocenters. The van der Waals surface area contributed by atoms with Crippen molar-refractivity contribution in [1.29, 1.82) is 0 Å². The third kappa shape index (κ3) is 5.96. The quantitative estimate of drug-likeness (QED) is 0.122. The molecule has 4 aromatic rings. The molecular weight excluding hydrogens is 450 g/mol. The predicted octanol–water partition coefficient (Wildman–Crippen LogP) is 7.48. The van der Waals surface area contributed by atoms with E-state index < -0.39 is 23.3 Å². The summed E-state index contributed by atoms with van der Waals surface area (Å²) in [4.78, 5) is 4.50. The molecule has 5 heteroatoms. The van der Waals surface area contributed by atoms with Crippen molar-refractivity contribution in [3.8, 4) is 11.8 Å². The zero-order chi connectivity index (χ0) is 24.8. The van der Waals surface area contributed by atoms with E-state index in [4.69, 9.17) is 0 Å². The van der Waals surface area contributed by atoms with Gasteiger partial charge in [-0.05, 0) is 85.5 Å². The van der Waals surface area contributed by atoms with Gasteiger partial charge in [0.2, 0.25) is 0 Å². The Morgan fingerprint density at radius 2 is 1.60 bits per heavy atom. The molecule has 0 fully saturated rings. The average molecular weight is 474 g/mol. The number of aryl methyl sites for hydroxylation is 3. The van der Waals surface area contributed by atoms with Crippen LogP contribution in [0.1, 0.15) is 41.3 Å². The van der Waals surface area contributed by atoms with Crippen molar-refractivity contribution in [1.82, 2.24) is 4.98 Å². The molecule has 0 aliphatic heterocycles. The van der Waals surface area contributed by atoms with Gasteiger partial charge in [-0.1, -0.05) is 42.2 Å². The second-order valence-corrected chi connectivity index (χ2v) is 8.25. The van der Waals surface area contributed by atoms with Crippen molar-refractivity contribution in [3.63, 3.8) is 0 Å². The molecule has 4 rings (SSSR count). The number of aromatic nitrogens is 1. The number of halogens is 4. The second-order valence-electron chi connectivity index (χ2n) is 8.25.